The van der Waals surface area contributed by atoms with E-state index in [4.69, 9.17) is 26.2 Å². The van der Waals surface area contributed by atoms with E-state index in [0.717, 1.165) is 12.8 Å². The molecule has 176 valence electrons. The molecule has 1 aromatic heterocycles. The van der Waals surface area contributed by atoms with Crippen molar-refractivity contribution in [2.45, 2.75) is 64.3 Å². The van der Waals surface area contributed by atoms with Gasteiger partial charge in [0.2, 0.25) is 5.89 Å². The maximum absolute atomic E-state index is 11.6. The first-order chi connectivity index (χ1) is 14.6. The number of aromatic nitrogens is 2. The fourth-order valence-electron chi connectivity index (χ4n) is 1.86. The van der Waals surface area contributed by atoms with E-state index in [1.54, 1.807) is 6.92 Å². The van der Waals surface area contributed by atoms with Gasteiger partial charge in [0, 0.05) is 6.42 Å². The molecular weight excluding hydrogens is 412 g/mol. The zero-order chi connectivity index (χ0) is 24.4. The van der Waals surface area contributed by atoms with Crippen LogP contribution in [0.3, 0.4) is 0 Å². The van der Waals surface area contributed by atoms with Crippen LogP contribution in [0.1, 0.15) is 57.3 Å². The van der Waals surface area contributed by atoms with E-state index in [1.807, 2.05) is 0 Å². The number of nitrogens with one attached hydrogen (secondary N) is 2. The van der Waals surface area contributed by atoms with E-state index in [9.17, 15) is 19.5 Å². The summed E-state index contributed by atoms with van der Waals surface area (Å²) in [5, 5.41) is 34.1. The SMILES string of the molecule is C#C.CC(O)C(NC(=O)NCc1nc([C@@H](N)CCCCN)no1)C(=O)O.CCC(=O)O. The number of amides is 2. The first-order valence-electron chi connectivity index (χ1n) is 9.40. The van der Waals surface area contributed by atoms with Crippen LogP contribution >= 0.6 is 0 Å². The maximum atomic E-state index is 11.6. The second-order valence-corrected chi connectivity index (χ2v) is 6.07. The molecule has 1 heterocycles. The van der Waals surface area contributed by atoms with Crippen molar-refractivity contribution in [3.63, 3.8) is 0 Å². The summed E-state index contributed by atoms with van der Waals surface area (Å²) in [7, 11) is 0. The molecule has 0 saturated carbocycles. The third-order valence-corrected chi connectivity index (χ3v) is 3.52. The molecule has 31 heavy (non-hydrogen) atoms. The molecule has 1 aromatic rings. The summed E-state index contributed by atoms with van der Waals surface area (Å²) < 4.78 is 4.97. The van der Waals surface area contributed by atoms with E-state index in [2.05, 4.69) is 33.6 Å². The van der Waals surface area contributed by atoms with Crippen LogP contribution in [0.2, 0.25) is 0 Å². The number of carbonyl (C=O) groups is 3. The van der Waals surface area contributed by atoms with Gasteiger partial charge in [0.05, 0.1) is 18.7 Å². The number of aliphatic hydroxyl groups excluding tert-OH is 1. The lowest BCUT2D eigenvalue weighted by atomic mass is 10.1. The molecule has 0 aliphatic heterocycles. The molecule has 0 fully saturated rings. The number of aliphatic carboxylic acids is 2. The Bertz CT molecular complexity index is 677. The molecule has 1 rings (SSSR count). The summed E-state index contributed by atoms with van der Waals surface area (Å²) >= 11 is 0. The van der Waals surface area contributed by atoms with Crippen molar-refractivity contribution in [2.75, 3.05) is 6.54 Å². The molecule has 0 aliphatic carbocycles. The summed E-state index contributed by atoms with van der Waals surface area (Å²) in [5.41, 5.74) is 11.3. The van der Waals surface area contributed by atoms with Crippen molar-refractivity contribution in [1.29, 1.82) is 0 Å². The van der Waals surface area contributed by atoms with Gasteiger partial charge in [0.15, 0.2) is 11.9 Å². The quantitative estimate of drug-likeness (QED) is 0.171. The lowest BCUT2D eigenvalue weighted by molar-refractivity contribution is -0.141. The molecule has 9 N–H and O–H groups in total. The largest absolute Gasteiger partial charge is 0.481 e. The zero-order valence-corrected chi connectivity index (χ0v) is 17.7. The van der Waals surface area contributed by atoms with Gasteiger partial charge in [-0.1, -0.05) is 18.5 Å². The number of nitrogens with two attached hydrogens (primary N) is 2. The third-order valence-electron chi connectivity index (χ3n) is 3.52. The van der Waals surface area contributed by atoms with Crippen molar-refractivity contribution >= 4 is 18.0 Å². The number of aliphatic hydroxyl groups is 1. The highest BCUT2D eigenvalue weighted by Gasteiger charge is 2.25. The highest BCUT2D eigenvalue weighted by atomic mass is 16.5. The average Bonchev–Trinajstić information content (AvgIpc) is 3.21. The molecule has 0 radical (unpaired) electrons. The monoisotopic (exact) mass is 444 g/mol. The average molecular weight is 444 g/mol. The Hall–Kier alpha value is -3.21. The predicted octanol–water partition coefficient (Wildman–Crippen LogP) is -0.438. The number of carbonyl (C=O) groups excluding carboxylic acids is 1. The second-order valence-electron chi connectivity index (χ2n) is 6.07. The lowest BCUT2D eigenvalue weighted by Gasteiger charge is -2.16. The number of terminal acetylenes is 1. The number of rotatable bonds is 11. The Morgan fingerprint density at radius 2 is 1.81 bits per heavy atom. The van der Waals surface area contributed by atoms with Crippen LogP contribution in [0.15, 0.2) is 4.52 Å². The number of hydrogen-bond acceptors (Lipinski definition) is 9. The van der Waals surface area contributed by atoms with Crippen molar-refractivity contribution in [1.82, 2.24) is 20.8 Å². The van der Waals surface area contributed by atoms with E-state index >= 15 is 0 Å². The molecule has 0 saturated heterocycles. The lowest BCUT2D eigenvalue weighted by Crippen LogP contribution is -2.51. The van der Waals surface area contributed by atoms with Gasteiger partial charge in [-0.25, -0.2) is 9.59 Å². The van der Waals surface area contributed by atoms with Crippen LogP contribution in [0.25, 0.3) is 0 Å². The Balaban J connectivity index is 0. The van der Waals surface area contributed by atoms with Crippen molar-refractivity contribution in [2.24, 2.45) is 11.5 Å². The molecule has 2 unspecified atom stereocenters. The van der Waals surface area contributed by atoms with Gasteiger partial charge in [-0.15, -0.1) is 12.8 Å². The van der Waals surface area contributed by atoms with E-state index < -0.39 is 30.1 Å². The summed E-state index contributed by atoms with van der Waals surface area (Å²) in [4.78, 5) is 35.9. The van der Waals surface area contributed by atoms with Crippen molar-refractivity contribution in [3.05, 3.63) is 11.7 Å². The molecule has 13 nitrogen and oxygen atoms in total. The first kappa shape index (κ1) is 30.0. The van der Waals surface area contributed by atoms with Crippen LogP contribution in [0, 0.1) is 12.8 Å². The highest BCUT2D eigenvalue weighted by Crippen LogP contribution is 2.13. The third kappa shape index (κ3) is 14.4. The van der Waals surface area contributed by atoms with Crippen LogP contribution in [0.5, 0.6) is 0 Å². The summed E-state index contributed by atoms with van der Waals surface area (Å²) in [6.45, 7) is 3.35. The van der Waals surface area contributed by atoms with Crippen LogP contribution in [-0.2, 0) is 16.1 Å². The normalized spacial score (nSPS) is 12.6. The van der Waals surface area contributed by atoms with Crippen LogP contribution in [-0.4, -0.2) is 62.1 Å². The van der Waals surface area contributed by atoms with Gasteiger partial charge in [-0.05, 0) is 26.3 Å². The minimum absolute atomic E-state index is 0.0967. The number of hydrogen-bond donors (Lipinski definition) is 7. The van der Waals surface area contributed by atoms with Gasteiger partial charge in [0.25, 0.3) is 0 Å². The standard InChI is InChI=1S/C13H24N6O5.C3H6O2.C2H2/c1-7(20)10(12(21)22)18-13(23)16-6-9-17-11(19-24-9)8(15)4-2-3-5-14;1-2-3(4)5;1-2/h7-8,10,20H,2-6,14-15H2,1H3,(H,21,22)(H2,16,18,23);2H2,1H3,(H,4,5);1-2H/t7?,8-,10?;;/m0../s1. The summed E-state index contributed by atoms with van der Waals surface area (Å²) in [5.74, 6) is -1.62. The molecule has 0 aromatic carbocycles. The smallest absolute Gasteiger partial charge is 0.328 e. The van der Waals surface area contributed by atoms with Gasteiger partial charge in [0.1, 0.15) is 0 Å². The van der Waals surface area contributed by atoms with E-state index in [0.29, 0.717) is 18.8 Å². The first-order valence-corrected chi connectivity index (χ1v) is 9.40. The van der Waals surface area contributed by atoms with E-state index in [-0.39, 0.29) is 24.9 Å². The molecule has 2 amide bonds. The molecule has 0 aliphatic rings. The number of nitrogens with zero attached hydrogens (tertiary/aromatic N) is 2. The Labute approximate surface area is 180 Å². The number of urea groups is 1. The Kier molecular flexibility index (Phi) is 17.1. The van der Waals surface area contributed by atoms with Crippen molar-refractivity contribution < 1.29 is 34.2 Å². The predicted molar refractivity (Wildman–Crippen MR) is 110 cm³/mol. The summed E-state index contributed by atoms with van der Waals surface area (Å²) in [6, 6.07) is -2.58. The van der Waals surface area contributed by atoms with Crippen LogP contribution < -0.4 is 22.1 Å². The molecule has 0 spiro atoms. The number of unbranched alkanes of at least 4 members (excludes halogenated alkanes) is 1. The Morgan fingerprint density at radius 1 is 1.23 bits per heavy atom. The molecule has 3 atom stereocenters. The highest BCUT2D eigenvalue weighted by molar-refractivity contribution is 5.82. The number of carboxylic acid groups (broad SMARTS) is 2. The second kappa shape index (κ2) is 17.6. The van der Waals surface area contributed by atoms with Crippen LogP contribution in [0.4, 0.5) is 4.79 Å². The molecule has 13 heteroatoms. The van der Waals surface area contributed by atoms with E-state index in [1.165, 1.54) is 6.92 Å². The number of carboxylic acids is 2. The fourth-order valence-corrected chi connectivity index (χ4v) is 1.86. The van der Waals surface area contributed by atoms with Gasteiger partial charge in [-0.2, -0.15) is 4.98 Å². The fraction of sp³-hybridized carbons (Fsp3) is 0.611. The van der Waals surface area contributed by atoms with Gasteiger partial charge < -0.3 is 41.9 Å². The molecular formula is C18H32N6O7. The molecule has 0 bridgehead atoms. The Morgan fingerprint density at radius 3 is 2.26 bits per heavy atom. The van der Waals surface area contributed by atoms with Crippen molar-refractivity contribution in [3.8, 4) is 12.8 Å². The topological polar surface area (TPSA) is 227 Å². The summed E-state index contributed by atoms with van der Waals surface area (Å²) in [6.07, 6.45) is 9.35. The zero-order valence-electron chi connectivity index (χ0n) is 17.7. The minimum atomic E-state index is -1.42. The van der Waals surface area contributed by atoms with Gasteiger partial charge >= 0.3 is 18.0 Å². The minimum Gasteiger partial charge on any atom is -0.481 e. The van der Waals surface area contributed by atoms with Gasteiger partial charge in [-0.3, -0.25) is 4.79 Å². The maximum Gasteiger partial charge on any atom is 0.328 e.